The summed E-state index contributed by atoms with van der Waals surface area (Å²) in [6.45, 7) is 1.36. The molecule has 4 heterocycles. The number of aliphatic hydroxyl groups excluding tert-OH is 1. The van der Waals surface area contributed by atoms with Gasteiger partial charge in [-0.2, -0.15) is 13.2 Å². The maximum atomic E-state index is 12.7. The number of aromatic nitrogens is 4. The number of carboxylic acids is 1. The number of nitrogens with one attached hydrogen (secondary N) is 1. The number of nitrogens with zero attached hydrogens (tertiary/aromatic N) is 4. The first kappa shape index (κ1) is 26.4. The van der Waals surface area contributed by atoms with Crippen LogP contribution in [-0.2, 0) is 11.3 Å². The Morgan fingerprint density at radius 1 is 1.06 bits per heavy atom. The van der Waals surface area contributed by atoms with Gasteiger partial charge in [-0.25, -0.2) is 9.78 Å². The normalized spacial score (nSPS) is 11.1. The molecule has 0 bridgehead atoms. The molecule has 190 valence electrons. The van der Waals surface area contributed by atoms with Gasteiger partial charge in [-0.15, -0.1) is 0 Å². The number of carbonyl (C=O) groups is 2. The van der Waals surface area contributed by atoms with Gasteiger partial charge in [0.1, 0.15) is 5.82 Å². The Labute approximate surface area is 203 Å². The fraction of sp³-hybridized carbons (Fsp3) is 0.250. The van der Waals surface area contributed by atoms with E-state index in [4.69, 9.17) is 15.0 Å². The van der Waals surface area contributed by atoms with E-state index in [9.17, 15) is 18.0 Å². The Bertz CT molecular complexity index is 1300. The van der Waals surface area contributed by atoms with Gasteiger partial charge in [-0.05, 0) is 42.7 Å². The standard InChI is InChI=1S/C22H23N5O2.C2HF3O2/c28-13-4-2-10-24-22(29)20-19-7-1-3-11-27(19)21(25-20)18-8-12-26(16-18)15-17-6-5-9-23-14-17;3-2(4,5)1(6)7/h1,3,5-9,11-12,14,16,28H,2,4,10,13,15H2,(H,24,29);(H,6,7). The molecule has 4 aromatic heterocycles. The van der Waals surface area contributed by atoms with Gasteiger partial charge < -0.3 is 20.1 Å². The summed E-state index contributed by atoms with van der Waals surface area (Å²) in [5.41, 5.74) is 3.23. The molecule has 4 rings (SSSR count). The lowest BCUT2D eigenvalue weighted by atomic mass is 10.3. The van der Waals surface area contributed by atoms with Crippen LogP contribution in [0.2, 0.25) is 0 Å². The van der Waals surface area contributed by atoms with Crippen LogP contribution in [0, 0.1) is 0 Å². The Morgan fingerprint density at radius 3 is 2.50 bits per heavy atom. The number of amides is 1. The third kappa shape index (κ3) is 6.92. The molecule has 36 heavy (non-hydrogen) atoms. The van der Waals surface area contributed by atoms with Crippen LogP contribution in [0.3, 0.4) is 0 Å². The van der Waals surface area contributed by atoms with Crippen LogP contribution >= 0.6 is 0 Å². The first-order chi connectivity index (χ1) is 17.2. The van der Waals surface area contributed by atoms with E-state index in [1.165, 1.54) is 0 Å². The number of hydrogen-bond acceptors (Lipinski definition) is 5. The number of alkyl halides is 3. The van der Waals surface area contributed by atoms with Gasteiger partial charge in [0, 0.05) is 56.2 Å². The highest BCUT2D eigenvalue weighted by atomic mass is 19.4. The first-order valence-corrected chi connectivity index (χ1v) is 10.9. The molecule has 0 aliphatic heterocycles. The largest absolute Gasteiger partial charge is 0.490 e. The summed E-state index contributed by atoms with van der Waals surface area (Å²) in [5.74, 6) is -2.23. The minimum atomic E-state index is -5.08. The number of aliphatic carboxylic acids is 1. The van der Waals surface area contributed by atoms with Gasteiger partial charge in [0.25, 0.3) is 5.91 Å². The Kier molecular flexibility index (Phi) is 8.79. The van der Waals surface area contributed by atoms with Gasteiger partial charge in [-0.3, -0.25) is 14.2 Å². The molecule has 0 aliphatic rings. The highest BCUT2D eigenvalue weighted by Gasteiger charge is 2.38. The fourth-order valence-corrected chi connectivity index (χ4v) is 3.30. The van der Waals surface area contributed by atoms with Crippen molar-refractivity contribution in [3.63, 3.8) is 0 Å². The van der Waals surface area contributed by atoms with E-state index in [0.717, 1.165) is 35.4 Å². The second-order valence-electron chi connectivity index (χ2n) is 7.66. The molecule has 1 amide bonds. The summed E-state index contributed by atoms with van der Waals surface area (Å²) < 4.78 is 35.7. The van der Waals surface area contributed by atoms with Crippen molar-refractivity contribution < 1.29 is 33.0 Å². The summed E-state index contributed by atoms with van der Waals surface area (Å²) in [4.78, 5) is 30.4. The summed E-state index contributed by atoms with van der Waals surface area (Å²) in [6.07, 6.45) is 5.87. The van der Waals surface area contributed by atoms with Gasteiger partial charge in [0.15, 0.2) is 5.69 Å². The zero-order valence-electron chi connectivity index (χ0n) is 19.0. The average molecular weight is 503 g/mol. The molecular formula is C24H24F3N5O4. The molecule has 0 radical (unpaired) electrons. The number of carboxylic acid groups (broad SMARTS) is 1. The van der Waals surface area contributed by atoms with Gasteiger partial charge in [-0.1, -0.05) is 12.1 Å². The van der Waals surface area contributed by atoms with Crippen molar-refractivity contribution in [3.8, 4) is 11.4 Å². The molecule has 0 spiro atoms. The topological polar surface area (TPSA) is 122 Å². The number of rotatable bonds is 8. The number of carbonyl (C=O) groups excluding carboxylic acids is 1. The van der Waals surface area contributed by atoms with Crippen molar-refractivity contribution in [1.82, 2.24) is 24.3 Å². The molecule has 12 heteroatoms. The van der Waals surface area contributed by atoms with Gasteiger partial charge in [0.05, 0.1) is 5.52 Å². The highest BCUT2D eigenvalue weighted by Crippen LogP contribution is 2.23. The molecule has 9 nitrogen and oxygen atoms in total. The molecule has 3 N–H and O–H groups in total. The summed E-state index contributed by atoms with van der Waals surface area (Å²) in [7, 11) is 0. The monoisotopic (exact) mass is 503 g/mol. The van der Waals surface area contributed by atoms with Gasteiger partial charge in [0.2, 0.25) is 0 Å². The number of halogens is 3. The summed E-state index contributed by atoms with van der Waals surface area (Å²) in [6, 6.07) is 11.7. The van der Waals surface area contributed by atoms with Crippen LogP contribution < -0.4 is 5.32 Å². The smallest absolute Gasteiger partial charge is 0.475 e. The SMILES string of the molecule is O=C(NCCCCO)c1nc(-c2ccn(Cc3cccnc3)c2)n2ccccc12.O=C(O)C(F)(F)F. The Morgan fingerprint density at radius 2 is 1.83 bits per heavy atom. The Balaban J connectivity index is 0.000000454. The van der Waals surface area contributed by atoms with Crippen LogP contribution in [0.4, 0.5) is 13.2 Å². The van der Waals surface area contributed by atoms with Crippen molar-refractivity contribution in [2.24, 2.45) is 0 Å². The summed E-state index contributed by atoms with van der Waals surface area (Å²) >= 11 is 0. The number of pyridine rings is 2. The van der Waals surface area contributed by atoms with E-state index in [-0.39, 0.29) is 12.5 Å². The van der Waals surface area contributed by atoms with E-state index in [1.54, 1.807) is 6.20 Å². The second-order valence-corrected chi connectivity index (χ2v) is 7.66. The summed E-state index contributed by atoms with van der Waals surface area (Å²) in [5, 5.41) is 18.9. The molecule has 0 saturated heterocycles. The van der Waals surface area contributed by atoms with Crippen molar-refractivity contribution in [1.29, 1.82) is 0 Å². The molecule has 0 aliphatic carbocycles. The molecule has 0 aromatic carbocycles. The molecule has 0 atom stereocenters. The first-order valence-electron chi connectivity index (χ1n) is 10.9. The Hall–Kier alpha value is -4.19. The number of hydrogen-bond donors (Lipinski definition) is 3. The average Bonchev–Trinajstić information content (AvgIpc) is 3.47. The number of imidazole rings is 1. The lowest BCUT2D eigenvalue weighted by molar-refractivity contribution is -0.192. The quantitative estimate of drug-likeness (QED) is 0.317. The lowest BCUT2D eigenvalue weighted by Crippen LogP contribution is -2.25. The molecule has 0 saturated carbocycles. The highest BCUT2D eigenvalue weighted by molar-refractivity contribution is 6.00. The van der Waals surface area contributed by atoms with Gasteiger partial charge >= 0.3 is 12.1 Å². The third-order valence-electron chi connectivity index (χ3n) is 4.97. The third-order valence-corrected chi connectivity index (χ3v) is 4.97. The van der Waals surface area contributed by atoms with Crippen LogP contribution in [0.15, 0.2) is 67.4 Å². The molecular weight excluding hydrogens is 479 g/mol. The van der Waals surface area contributed by atoms with E-state index >= 15 is 0 Å². The predicted molar refractivity (Wildman–Crippen MR) is 124 cm³/mol. The zero-order valence-corrected chi connectivity index (χ0v) is 19.0. The van der Waals surface area contributed by atoms with Crippen molar-refractivity contribution in [2.75, 3.05) is 13.2 Å². The maximum absolute atomic E-state index is 12.7. The molecule has 0 fully saturated rings. The predicted octanol–water partition coefficient (Wildman–Crippen LogP) is 3.38. The minimum absolute atomic E-state index is 0.128. The number of aliphatic hydroxyl groups is 1. The van der Waals surface area contributed by atoms with Crippen LogP contribution in [0.25, 0.3) is 16.9 Å². The second kappa shape index (κ2) is 12.0. The van der Waals surface area contributed by atoms with Crippen LogP contribution in [-0.4, -0.2) is 60.4 Å². The number of unbranched alkanes of at least 4 members (excludes halogenated alkanes) is 1. The van der Waals surface area contributed by atoms with Crippen LogP contribution in [0.1, 0.15) is 28.9 Å². The lowest BCUT2D eigenvalue weighted by Gasteiger charge is -2.02. The van der Waals surface area contributed by atoms with Crippen molar-refractivity contribution in [3.05, 3.63) is 78.6 Å². The van der Waals surface area contributed by atoms with Crippen LogP contribution in [0.5, 0.6) is 0 Å². The van der Waals surface area contributed by atoms with E-state index in [1.807, 2.05) is 65.6 Å². The minimum Gasteiger partial charge on any atom is -0.475 e. The maximum Gasteiger partial charge on any atom is 0.490 e. The fourth-order valence-electron chi connectivity index (χ4n) is 3.30. The number of fused-ring (bicyclic) bond motifs is 1. The van der Waals surface area contributed by atoms with Crippen molar-refractivity contribution in [2.45, 2.75) is 25.6 Å². The van der Waals surface area contributed by atoms with E-state index < -0.39 is 12.1 Å². The molecule has 0 unspecified atom stereocenters. The van der Waals surface area contributed by atoms with E-state index in [2.05, 4.69) is 19.9 Å². The molecule has 4 aromatic rings. The zero-order chi connectivity index (χ0) is 26.1. The van der Waals surface area contributed by atoms with E-state index in [0.29, 0.717) is 18.7 Å². The van der Waals surface area contributed by atoms with Crippen molar-refractivity contribution >= 4 is 17.4 Å².